The molecule has 7 rings (SSSR count). The molecule has 0 atom stereocenters. The Balaban J connectivity index is 0.862. The molecule has 2 aliphatic heterocycles. The van der Waals surface area contributed by atoms with Crippen LogP contribution in [-0.4, -0.2) is 68.1 Å². The van der Waals surface area contributed by atoms with E-state index in [0.29, 0.717) is 29.1 Å². The molecule has 1 aromatic heterocycles. The average Bonchev–Trinajstić information content (AvgIpc) is 3.32. The molecule has 11 heteroatoms. The SMILES string of the molecule is CSc1cc(CC2CC3(C2)CN(C(=O)N2CC4(CC(n5cnc(C6(O)CC6)n5)C4)C2)C3)cc(C(F)(F)F)c1. The lowest BCUT2D eigenvalue weighted by Gasteiger charge is -2.63. The van der Waals surface area contributed by atoms with Crippen LogP contribution in [0, 0.1) is 16.7 Å². The number of thioether (sulfide) groups is 1. The molecule has 5 fully saturated rings. The van der Waals surface area contributed by atoms with E-state index in [1.807, 2.05) is 20.5 Å². The molecule has 5 aliphatic rings. The molecule has 1 N–H and O–H groups in total. The highest BCUT2D eigenvalue weighted by molar-refractivity contribution is 7.98. The maximum Gasteiger partial charge on any atom is 0.416 e. The Hall–Kier alpha value is -2.27. The molecule has 2 spiro atoms. The highest BCUT2D eigenvalue weighted by Crippen LogP contribution is 2.56. The molecule has 7 nitrogen and oxygen atoms in total. The van der Waals surface area contributed by atoms with E-state index in [-0.39, 0.29) is 16.9 Å². The summed E-state index contributed by atoms with van der Waals surface area (Å²) < 4.78 is 41.7. The molecule has 2 amide bonds. The Bertz CT molecular complexity index is 1260. The molecule has 1 aromatic carbocycles. The number of urea groups is 1. The van der Waals surface area contributed by atoms with Gasteiger partial charge < -0.3 is 14.9 Å². The minimum Gasteiger partial charge on any atom is -0.382 e. The number of hydrogen-bond acceptors (Lipinski definition) is 5. The predicted molar refractivity (Wildman–Crippen MR) is 134 cm³/mol. The quantitative estimate of drug-likeness (QED) is 0.549. The normalized spacial score (nSPS) is 25.1. The number of aromatic nitrogens is 3. The van der Waals surface area contributed by atoms with Crippen molar-refractivity contribution in [3.63, 3.8) is 0 Å². The van der Waals surface area contributed by atoms with Crippen molar-refractivity contribution in [1.29, 1.82) is 0 Å². The monoisotopic (exact) mass is 547 g/mol. The third-order valence-corrected chi connectivity index (χ3v) is 10.2. The van der Waals surface area contributed by atoms with E-state index >= 15 is 0 Å². The van der Waals surface area contributed by atoms with Crippen LogP contribution in [0.2, 0.25) is 0 Å². The van der Waals surface area contributed by atoms with Crippen LogP contribution in [0.3, 0.4) is 0 Å². The van der Waals surface area contributed by atoms with E-state index < -0.39 is 17.3 Å². The lowest BCUT2D eigenvalue weighted by Crippen LogP contribution is -2.71. The van der Waals surface area contributed by atoms with Gasteiger partial charge in [-0.05, 0) is 80.9 Å². The van der Waals surface area contributed by atoms with Crippen LogP contribution in [0.1, 0.15) is 61.5 Å². The highest BCUT2D eigenvalue weighted by Gasteiger charge is 2.58. The summed E-state index contributed by atoms with van der Waals surface area (Å²) in [5.74, 6) is 0.913. The number of benzene rings is 1. The third kappa shape index (κ3) is 4.11. The first-order valence-electron chi connectivity index (χ1n) is 13.4. The van der Waals surface area contributed by atoms with Gasteiger partial charge in [0.15, 0.2) is 5.82 Å². The highest BCUT2D eigenvalue weighted by atomic mass is 32.2. The Morgan fingerprint density at radius 3 is 2.26 bits per heavy atom. The molecule has 204 valence electrons. The maximum atomic E-state index is 13.3. The zero-order valence-corrected chi connectivity index (χ0v) is 22.2. The fraction of sp³-hybridized carbons (Fsp3) is 0.667. The summed E-state index contributed by atoms with van der Waals surface area (Å²) in [7, 11) is 0. The van der Waals surface area contributed by atoms with Crippen LogP contribution in [-0.2, 0) is 18.2 Å². The van der Waals surface area contributed by atoms with Gasteiger partial charge in [-0.1, -0.05) is 0 Å². The van der Waals surface area contributed by atoms with E-state index in [4.69, 9.17) is 0 Å². The number of hydrogen-bond donors (Lipinski definition) is 1. The van der Waals surface area contributed by atoms with Crippen LogP contribution in [0.4, 0.5) is 18.0 Å². The van der Waals surface area contributed by atoms with Crippen LogP contribution < -0.4 is 0 Å². The summed E-state index contributed by atoms with van der Waals surface area (Å²) >= 11 is 1.34. The van der Waals surface area contributed by atoms with E-state index in [2.05, 4.69) is 10.1 Å². The van der Waals surface area contributed by atoms with Gasteiger partial charge >= 0.3 is 12.2 Å². The van der Waals surface area contributed by atoms with Gasteiger partial charge in [-0.25, -0.2) is 14.5 Å². The summed E-state index contributed by atoms with van der Waals surface area (Å²) in [5, 5.41) is 14.7. The number of carbonyl (C=O) groups is 1. The Morgan fingerprint density at radius 2 is 1.68 bits per heavy atom. The molecule has 3 aliphatic carbocycles. The van der Waals surface area contributed by atoms with Gasteiger partial charge in [0, 0.05) is 41.9 Å². The molecule has 0 bridgehead atoms. The minimum absolute atomic E-state index is 0.120. The van der Waals surface area contributed by atoms with Crippen LogP contribution >= 0.6 is 11.8 Å². The van der Waals surface area contributed by atoms with Gasteiger partial charge in [0.1, 0.15) is 11.9 Å². The second kappa shape index (κ2) is 8.13. The zero-order valence-electron chi connectivity index (χ0n) is 21.4. The van der Waals surface area contributed by atoms with Gasteiger partial charge in [-0.3, -0.25) is 0 Å². The van der Waals surface area contributed by atoms with Gasteiger partial charge in [-0.15, -0.1) is 11.8 Å². The average molecular weight is 548 g/mol. The lowest BCUT2D eigenvalue weighted by molar-refractivity contribution is -0.137. The van der Waals surface area contributed by atoms with E-state index in [0.717, 1.165) is 70.3 Å². The molecule has 2 saturated heterocycles. The summed E-state index contributed by atoms with van der Waals surface area (Å²) in [5.41, 5.74) is -0.274. The van der Waals surface area contributed by atoms with Gasteiger partial charge in [-0.2, -0.15) is 18.3 Å². The van der Waals surface area contributed by atoms with Crippen molar-refractivity contribution in [3.8, 4) is 0 Å². The first-order valence-corrected chi connectivity index (χ1v) is 14.6. The summed E-state index contributed by atoms with van der Waals surface area (Å²) in [6.07, 6.45) is 5.24. The van der Waals surface area contributed by atoms with Gasteiger partial charge in [0.05, 0.1) is 11.6 Å². The van der Waals surface area contributed by atoms with Crippen molar-refractivity contribution in [1.82, 2.24) is 24.6 Å². The molecule has 2 aromatic rings. The van der Waals surface area contributed by atoms with Crippen LogP contribution in [0.5, 0.6) is 0 Å². The van der Waals surface area contributed by atoms with Gasteiger partial charge in [0.2, 0.25) is 0 Å². The summed E-state index contributed by atoms with van der Waals surface area (Å²) in [6.45, 7) is 3.09. The smallest absolute Gasteiger partial charge is 0.382 e. The largest absolute Gasteiger partial charge is 0.416 e. The van der Waals surface area contributed by atoms with E-state index in [1.165, 1.54) is 23.9 Å². The van der Waals surface area contributed by atoms with E-state index in [1.54, 1.807) is 12.6 Å². The number of rotatable bonds is 5. The molecular formula is C27H32F3N5O2S. The predicted octanol–water partition coefficient (Wildman–Crippen LogP) is 4.71. The maximum absolute atomic E-state index is 13.3. The standard InChI is InChI=1S/C27H32F3N5O2S/c1-38-21-6-17(5-19(7-21)27(28,29)30)4-18-8-24(9-18)12-33(13-24)23(36)34-14-25(15-34)10-20(11-25)35-16-31-22(32-35)26(37)2-3-26/h5-7,16,18,20,37H,2-4,8-15H2,1H3. The van der Waals surface area contributed by atoms with Crippen molar-refractivity contribution >= 4 is 17.8 Å². The van der Waals surface area contributed by atoms with E-state index in [9.17, 15) is 23.1 Å². The second-order valence-corrected chi connectivity index (χ2v) is 13.6. The summed E-state index contributed by atoms with van der Waals surface area (Å²) in [4.78, 5) is 21.8. The van der Waals surface area contributed by atoms with Crippen molar-refractivity contribution in [2.24, 2.45) is 16.7 Å². The number of halogens is 3. The Kier molecular flexibility index (Phi) is 5.29. The zero-order chi connectivity index (χ0) is 26.5. The first-order chi connectivity index (χ1) is 18.0. The topological polar surface area (TPSA) is 74.5 Å². The Labute approximate surface area is 223 Å². The molecule has 0 unspecified atom stereocenters. The van der Waals surface area contributed by atoms with Crippen molar-refractivity contribution in [3.05, 3.63) is 41.5 Å². The third-order valence-electron chi connectivity index (χ3n) is 9.50. The molecular weight excluding hydrogens is 515 g/mol. The molecule has 38 heavy (non-hydrogen) atoms. The number of aliphatic hydroxyl groups is 1. The lowest BCUT2D eigenvalue weighted by atomic mass is 9.56. The molecule has 3 saturated carbocycles. The number of nitrogens with zero attached hydrogens (tertiary/aromatic N) is 5. The fourth-order valence-corrected chi connectivity index (χ4v) is 7.86. The first kappa shape index (κ1) is 24.7. The van der Waals surface area contributed by atoms with Crippen LogP contribution in [0.25, 0.3) is 0 Å². The molecule has 0 radical (unpaired) electrons. The number of carbonyl (C=O) groups excluding carboxylic acids is 1. The fourth-order valence-electron chi connectivity index (χ4n) is 7.35. The minimum atomic E-state index is -4.33. The van der Waals surface area contributed by atoms with Crippen molar-refractivity contribution < 1.29 is 23.1 Å². The van der Waals surface area contributed by atoms with Crippen molar-refractivity contribution in [2.75, 3.05) is 32.4 Å². The van der Waals surface area contributed by atoms with Crippen molar-refractivity contribution in [2.45, 2.75) is 67.7 Å². The van der Waals surface area contributed by atoms with Gasteiger partial charge in [0.25, 0.3) is 0 Å². The number of amides is 2. The second-order valence-electron chi connectivity index (χ2n) is 12.7. The summed E-state index contributed by atoms with van der Waals surface area (Å²) in [6, 6.07) is 4.81. The van der Waals surface area contributed by atoms with Crippen LogP contribution in [0.15, 0.2) is 29.4 Å². The number of alkyl halides is 3. The number of likely N-dealkylation sites (tertiary alicyclic amines) is 2. The molecule has 3 heterocycles. The Morgan fingerprint density at radius 1 is 1.05 bits per heavy atom.